The molecule has 0 bridgehead atoms. The molecule has 2 fully saturated rings. The molecular weight excluding hydrogens is 210 g/mol. The first-order valence-electron chi connectivity index (χ1n) is 6.93. The summed E-state index contributed by atoms with van der Waals surface area (Å²) in [7, 11) is 0. The molecule has 3 rings (SSSR count). The molecule has 0 saturated heterocycles. The molecule has 1 aromatic heterocycles. The van der Waals surface area contributed by atoms with Crippen LogP contribution in [0, 0.1) is 17.8 Å². The summed E-state index contributed by atoms with van der Waals surface area (Å²) >= 11 is 0. The Labute approximate surface area is 103 Å². The highest BCUT2D eigenvalue weighted by atomic mass is 15.3. The molecule has 0 aromatic carbocycles. The van der Waals surface area contributed by atoms with Gasteiger partial charge in [0.2, 0.25) is 0 Å². The van der Waals surface area contributed by atoms with Crippen LogP contribution >= 0.6 is 0 Å². The van der Waals surface area contributed by atoms with E-state index in [4.69, 9.17) is 5.73 Å². The van der Waals surface area contributed by atoms with E-state index in [2.05, 4.69) is 31.2 Å². The van der Waals surface area contributed by atoms with Crippen molar-refractivity contribution >= 4 is 0 Å². The fourth-order valence-corrected chi connectivity index (χ4v) is 3.29. The van der Waals surface area contributed by atoms with Gasteiger partial charge in [-0.25, -0.2) is 0 Å². The van der Waals surface area contributed by atoms with E-state index in [1.165, 1.54) is 19.3 Å². The minimum atomic E-state index is 0.318. The van der Waals surface area contributed by atoms with E-state index in [-0.39, 0.29) is 0 Å². The van der Waals surface area contributed by atoms with Crippen molar-refractivity contribution in [3.63, 3.8) is 0 Å². The molecule has 0 radical (unpaired) electrons. The van der Waals surface area contributed by atoms with Crippen molar-refractivity contribution in [1.82, 2.24) is 9.78 Å². The van der Waals surface area contributed by atoms with Crippen LogP contribution in [0.25, 0.3) is 0 Å². The molecule has 3 nitrogen and oxygen atoms in total. The molecule has 1 heterocycles. The van der Waals surface area contributed by atoms with Crippen LogP contribution in [0.2, 0.25) is 0 Å². The quantitative estimate of drug-likeness (QED) is 0.867. The number of nitrogens with two attached hydrogens (primary N) is 1. The lowest BCUT2D eigenvalue weighted by atomic mass is 9.92. The average molecular weight is 233 g/mol. The van der Waals surface area contributed by atoms with Crippen molar-refractivity contribution in [1.29, 1.82) is 0 Å². The standard InChI is InChI=1S/C14H23N3/c1-9(2)17-4-3-13(16-17)8-14(15)12-6-10-5-11(10)7-12/h3-4,9-12,14H,5-8,15H2,1-2H3. The van der Waals surface area contributed by atoms with Crippen LogP contribution in [0.5, 0.6) is 0 Å². The van der Waals surface area contributed by atoms with E-state index in [9.17, 15) is 0 Å². The largest absolute Gasteiger partial charge is 0.327 e. The number of fused-ring (bicyclic) bond motifs is 1. The molecule has 0 amide bonds. The minimum absolute atomic E-state index is 0.318. The Morgan fingerprint density at radius 3 is 2.65 bits per heavy atom. The zero-order valence-corrected chi connectivity index (χ0v) is 10.8. The van der Waals surface area contributed by atoms with Crippen LogP contribution in [0.3, 0.4) is 0 Å². The van der Waals surface area contributed by atoms with Gasteiger partial charge in [-0.3, -0.25) is 4.68 Å². The third-order valence-electron chi connectivity index (χ3n) is 4.52. The van der Waals surface area contributed by atoms with E-state index in [1.807, 2.05) is 4.68 Å². The maximum atomic E-state index is 6.33. The van der Waals surface area contributed by atoms with Crippen LogP contribution in [-0.2, 0) is 6.42 Å². The van der Waals surface area contributed by atoms with Crippen molar-refractivity contribution in [2.24, 2.45) is 23.5 Å². The van der Waals surface area contributed by atoms with Crippen LogP contribution in [-0.4, -0.2) is 15.8 Å². The monoisotopic (exact) mass is 233 g/mol. The van der Waals surface area contributed by atoms with E-state index in [0.717, 1.165) is 29.9 Å². The SMILES string of the molecule is CC(C)n1ccc(CC(N)C2CC3CC3C2)n1. The smallest absolute Gasteiger partial charge is 0.0640 e. The fraction of sp³-hybridized carbons (Fsp3) is 0.786. The molecule has 2 saturated carbocycles. The fourth-order valence-electron chi connectivity index (χ4n) is 3.29. The van der Waals surface area contributed by atoms with Crippen molar-refractivity contribution in [3.05, 3.63) is 18.0 Å². The molecule has 3 unspecified atom stereocenters. The van der Waals surface area contributed by atoms with Gasteiger partial charge in [0.25, 0.3) is 0 Å². The van der Waals surface area contributed by atoms with Crippen molar-refractivity contribution < 1.29 is 0 Å². The number of hydrogen-bond acceptors (Lipinski definition) is 2. The van der Waals surface area contributed by atoms with Gasteiger partial charge in [0, 0.05) is 24.7 Å². The predicted molar refractivity (Wildman–Crippen MR) is 68.6 cm³/mol. The van der Waals surface area contributed by atoms with Gasteiger partial charge in [-0.2, -0.15) is 5.10 Å². The topological polar surface area (TPSA) is 43.8 Å². The van der Waals surface area contributed by atoms with E-state index >= 15 is 0 Å². The van der Waals surface area contributed by atoms with Gasteiger partial charge in [-0.05, 0) is 56.9 Å². The summed E-state index contributed by atoms with van der Waals surface area (Å²) in [5.41, 5.74) is 7.49. The lowest BCUT2D eigenvalue weighted by Gasteiger charge is -2.19. The van der Waals surface area contributed by atoms with Crippen LogP contribution in [0.1, 0.15) is 44.8 Å². The van der Waals surface area contributed by atoms with Crippen LogP contribution in [0.15, 0.2) is 12.3 Å². The zero-order chi connectivity index (χ0) is 12.0. The summed E-state index contributed by atoms with van der Waals surface area (Å²) in [6.07, 6.45) is 7.24. The van der Waals surface area contributed by atoms with Gasteiger partial charge in [0.15, 0.2) is 0 Å². The number of aromatic nitrogens is 2. The molecule has 3 atom stereocenters. The first-order chi connectivity index (χ1) is 8.13. The Kier molecular flexibility index (Phi) is 2.74. The second-order valence-electron chi connectivity index (χ2n) is 6.24. The molecule has 1 aromatic rings. The third-order valence-corrected chi connectivity index (χ3v) is 4.52. The summed E-state index contributed by atoms with van der Waals surface area (Å²) in [6, 6.07) is 2.88. The zero-order valence-electron chi connectivity index (χ0n) is 10.8. The first kappa shape index (κ1) is 11.3. The Bertz CT molecular complexity index is 386. The number of rotatable bonds is 4. The molecule has 2 N–H and O–H groups in total. The number of hydrogen-bond donors (Lipinski definition) is 1. The molecule has 3 heteroatoms. The second kappa shape index (κ2) is 4.13. The van der Waals surface area contributed by atoms with Gasteiger partial charge in [-0.1, -0.05) is 0 Å². The second-order valence-corrected chi connectivity index (χ2v) is 6.24. The summed E-state index contributed by atoms with van der Waals surface area (Å²) in [4.78, 5) is 0. The summed E-state index contributed by atoms with van der Waals surface area (Å²) in [5, 5.41) is 4.59. The maximum Gasteiger partial charge on any atom is 0.0640 e. The van der Waals surface area contributed by atoms with Crippen molar-refractivity contribution in [2.75, 3.05) is 0 Å². The normalized spacial score (nSPS) is 32.8. The lowest BCUT2D eigenvalue weighted by Crippen LogP contribution is -2.31. The Balaban J connectivity index is 1.58. The van der Waals surface area contributed by atoms with Gasteiger partial charge < -0.3 is 5.73 Å². The average Bonchev–Trinajstić information content (AvgIpc) is 2.75. The Morgan fingerprint density at radius 1 is 1.35 bits per heavy atom. The predicted octanol–water partition coefficient (Wildman–Crippen LogP) is 2.38. The maximum absolute atomic E-state index is 6.33. The van der Waals surface area contributed by atoms with E-state index in [0.29, 0.717) is 12.1 Å². The van der Waals surface area contributed by atoms with Crippen molar-refractivity contribution in [2.45, 2.75) is 51.6 Å². The Morgan fingerprint density at radius 2 is 2.06 bits per heavy atom. The van der Waals surface area contributed by atoms with Gasteiger partial charge in [0.1, 0.15) is 0 Å². The van der Waals surface area contributed by atoms with Gasteiger partial charge in [0.05, 0.1) is 5.69 Å². The highest BCUT2D eigenvalue weighted by molar-refractivity contribution is 5.05. The minimum Gasteiger partial charge on any atom is -0.327 e. The van der Waals surface area contributed by atoms with Crippen LogP contribution in [0.4, 0.5) is 0 Å². The highest BCUT2D eigenvalue weighted by Crippen LogP contribution is 2.55. The van der Waals surface area contributed by atoms with Gasteiger partial charge >= 0.3 is 0 Å². The Hall–Kier alpha value is -0.830. The molecule has 2 aliphatic carbocycles. The highest BCUT2D eigenvalue weighted by Gasteiger charge is 2.47. The molecule has 0 aliphatic heterocycles. The van der Waals surface area contributed by atoms with Crippen molar-refractivity contribution in [3.8, 4) is 0 Å². The molecule has 17 heavy (non-hydrogen) atoms. The van der Waals surface area contributed by atoms with Crippen LogP contribution < -0.4 is 5.73 Å². The van der Waals surface area contributed by atoms with Gasteiger partial charge in [-0.15, -0.1) is 0 Å². The summed E-state index contributed by atoms with van der Waals surface area (Å²) in [6.45, 7) is 4.31. The number of nitrogens with zero attached hydrogens (tertiary/aromatic N) is 2. The molecule has 2 aliphatic rings. The molecular formula is C14H23N3. The molecule has 94 valence electrons. The third kappa shape index (κ3) is 2.25. The summed E-state index contributed by atoms with van der Waals surface area (Å²) in [5.74, 6) is 2.81. The first-order valence-corrected chi connectivity index (χ1v) is 6.93. The van der Waals surface area contributed by atoms with E-state index < -0.39 is 0 Å². The summed E-state index contributed by atoms with van der Waals surface area (Å²) < 4.78 is 2.02. The lowest BCUT2D eigenvalue weighted by molar-refractivity contribution is 0.388. The molecule has 0 spiro atoms. The van der Waals surface area contributed by atoms with E-state index in [1.54, 1.807) is 0 Å².